The quantitative estimate of drug-likeness (QED) is 0.331. The average molecular weight is 519 g/mol. The van der Waals surface area contributed by atoms with Crippen LogP contribution in [0.15, 0.2) is 51.9 Å². The Kier molecular flexibility index (Phi) is 6.51. The molecule has 0 radical (unpaired) electrons. The van der Waals surface area contributed by atoms with E-state index in [1.807, 2.05) is 26.0 Å². The number of pyridine rings is 2. The molecule has 4 aromatic heterocycles. The molecule has 0 bridgehead atoms. The van der Waals surface area contributed by atoms with Crippen LogP contribution in [0.2, 0.25) is 0 Å². The number of methoxy groups -OCH3 is 1. The Morgan fingerprint density at radius 1 is 1.22 bits per heavy atom. The SMILES string of the molecule is COc1cc2c(cc1-c1c(C)noc1C)cc(C(=O)Nc1nnc(CO)s1)c(=O)n2Cc1ccccn1. The van der Waals surface area contributed by atoms with Crippen LogP contribution in [-0.2, 0) is 13.2 Å². The maximum Gasteiger partial charge on any atom is 0.264 e. The lowest BCUT2D eigenvalue weighted by atomic mass is 9.99. The van der Waals surface area contributed by atoms with Crippen molar-refractivity contribution >= 4 is 33.3 Å². The minimum atomic E-state index is -0.642. The Morgan fingerprint density at radius 2 is 2.05 bits per heavy atom. The molecule has 37 heavy (non-hydrogen) atoms. The molecule has 188 valence electrons. The van der Waals surface area contributed by atoms with Crippen LogP contribution in [0, 0.1) is 13.8 Å². The van der Waals surface area contributed by atoms with Gasteiger partial charge < -0.3 is 18.9 Å². The summed E-state index contributed by atoms with van der Waals surface area (Å²) in [6.07, 6.45) is 1.64. The van der Waals surface area contributed by atoms with Gasteiger partial charge in [-0.25, -0.2) is 0 Å². The lowest BCUT2D eigenvalue weighted by Crippen LogP contribution is -2.30. The number of hydrogen-bond acceptors (Lipinski definition) is 10. The van der Waals surface area contributed by atoms with E-state index in [0.29, 0.717) is 38.8 Å². The number of carbonyl (C=O) groups excluding carboxylic acids is 1. The van der Waals surface area contributed by atoms with Gasteiger partial charge in [-0.1, -0.05) is 22.6 Å². The first-order valence-corrected chi connectivity index (χ1v) is 12.0. The summed E-state index contributed by atoms with van der Waals surface area (Å²) < 4.78 is 12.5. The number of aromatic nitrogens is 5. The van der Waals surface area contributed by atoms with Crippen molar-refractivity contribution in [3.8, 4) is 16.9 Å². The number of aliphatic hydroxyl groups excluding tert-OH is 1. The first kappa shape index (κ1) is 24.3. The molecule has 0 aliphatic carbocycles. The van der Waals surface area contributed by atoms with Crippen LogP contribution in [0.5, 0.6) is 5.75 Å². The normalized spacial score (nSPS) is 11.1. The van der Waals surface area contributed by atoms with Crippen LogP contribution in [0.25, 0.3) is 22.0 Å². The Balaban J connectivity index is 1.71. The molecule has 0 saturated heterocycles. The molecule has 5 rings (SSSR count). The third-order valence-corrected chi connectivity index (χ3v) is 6.65. The number of nitrogens with zero attached hydrogens (tertiary/aromatic N) is 5. The third-order valence-electron chi connectivity index (χ3n) is 5.83. The predicted molar refractivity (Wildman–Crippen MR) is 137 cm³/mol. The maximum atomic E-state index is 13.6. The highest BCUT2D eigenvalue weighted by Crippen LogP contribution is 2.37. The molecule has 5 aromatic rings. The lowest BCUT2D eigenvalue weighted by molar-refractivity contribution is 0.102. The highest BCUT2D eigenvalue weighted by atomic mass is 32.1. The number of rotatable bonds is 7. The van der Waals surface area contributed by atoms with Crippen LogP contribution in [0.3, 0.4) is 0 Å². The van der Waals surface area contributed by atoms with Crippen molar-refractivity contribution in [3.63, 3.8) is 0 Å². The average Bonchev–Trinajstić information content (AvgIpc) is 3.50. The predicted octanol–water partition coefficient (Wildman–Crippen LogP) is 3.32. The standard InChI is InChI=1S/C25H22N6O5S/c1-13-22(14(2)36-30-13)17-8-15-9-18(23(33)27-25-29-28-21(12-32)37-25)24(34)31(19(15)10-20(17)35-3)11-16-6-4-5-7-26-16/h4-10,32H,11-12H2,1-3H3,(H,27,29,33). The molecule has 0 fully saturated rings. The third kappa shape index (κ3) is 4.59. The molecule has 0 spiro atoms. The largest absolute Gasteiger partial charge is 0.496 e. The molecule has 2 N–H and O–H groups in total. The molecule has 12 heteroatoms. The summed E-state index contributed by atoms with van der Waals surface area (Å²) in [4.78, 5) is 31.2. The monoisotopic (exact) mass is 518 g/mol. The molecule has 4 heterocycles. The van der Waals surface area contributed by atoms with Gasteiger partial charge in [0.15, 0.2) is 0 Å². The Labute approximate surface area is 214 Å². The second-order valence-electron chi connectivity index (χ2n) is 8.19. The van der Waals surface area contributed by atoms with Crippen molar-refractivity contribution in [2.75, 3.05) is 12.4 Å². The van der Waals surface area contributed by atoms with Crippen LogP contribution < -0.4 is 15.6 Å². The first-order chi connectivity index (χ1) is 17.9. The van der Waals surface area contributed by atoms with E-state index in [4.69, 9.17) is 9.26 Å². The molecule has 0 unspecified atom stereocenters. The number of ether oxygens (including phenoxy) is 1. The van der Waals surface area contributed by atoms with E-state index in [1.54, 1.807) is 31.5 Å². The van der Waals surface area contributed by atoms with E-state index in [-0.39, 0.29) is 23.8 Å². The van der Waals surface area contributed by atoms with Crippen LogP contribution >= 0.6 is 11.3 Å². The maximum absolute atomic E-state index is 13.6. The molecule has 0 aliphatic rings. The van der Waals surface area contributed by atoms with Gasteiger partial charge in [0.1, 0.15) is 22.1 Å². The van der Waals surface area contributed by atoms with E-state index in [2.05, 4.69) is 25.7 Å². The highest BCUT2D eigenvalue weighted by Gasteiger charge is 2.22. The van der Waals surface area contributed by atoms with Gasteiger partial charge in [-0.05, 0) is 38.1 Å². The number of anilines is 1. The zero-order valence-corrected chi connectivity index (χ0v) is 21.0. The van der Waals surface area contributed by atoms with Gasteiger partial charge in [0.05, 0.1) is 42.7 Å². The number of amides is 1. The smallest absolute Gasteiger partial charge is 0.264 e. The van der Waals surface area contributed by atoms with Crippen molar-refractivity contribution in [1.82, 2.24) is 24.9 Å². The van der Waals surface area contributed by atoms with Gasteiger partial charge in [-0.15, -0.1) is 10.2 Å². The summed E-state index contributed by atoms with van der Waals surface area (Å²) in [5.41, 5.74) is 2.81. The van der Waals surface area contributed by atoms with Gasteiger partial charge in [0.2, 0.25) is 5.13 Å². The second kappa shape index (κ2) is 9.91. The molecule has 0 saturated carbocycles. The Morgan fingerprint density at radius 3 is 2.70 bits per heavy atom. The number of fused-ring (bicyclic) bond motifs is 1. The van der Waals surface area contributed by atoms with Crippen LogP contribution in [-0.4, -0.2) is 43.0 Å². The van der Waals surface area contributed by atoms with E-state index < -0.39 is 11.5 Å². The van der Waals surface area contributed by atoms with Crippen molar-refractivity contribution in [3.05, 3.63) is 80.7 Å². The van der Waals surface area contributed by atoms with Gasteiger partial charge in [0, 0.05) is 23.2 Å². The topological polar surface area (TPSA) is 145 Å². The van der Waals surface area contributed by atoms with Crippen LogP contribution in [0.4, 0.5) is 5.13 Å². The van der Waals surface area contributed by atoms with E-state index in [0.717, 1.165) is 22.5 Å². The molecular formula is C25H22N6O5S. The number of hydrogen-bond donors (Lipinski definition) is 2. The minimum absolute atomic E-state index is 0.0842. The Bertz CT molecular complexity index is 1660. The van der Waals surface area contributed by atoms with Gasteiger partial charge in [-0.3, -0.25) is 19.9 Å². The first-order valence-electron chi connectivity index (χ1n) is 11.2. The van der Waals surface area contributed by atoms with Crippen molar-refractivity contribution < 1.29 is 19.2 Å². The van der Waals surface area contributed by atoms with Crippen molar-refractivity contribution in [2.24, 2.45) is 0 Å². The molecule has 1 amide bonds. The molecule has 1 aromatic carbocycles. The van der Waals surface area contributed by atoms with E-state index in [9.17, 15) is 14.7 Å². The number of aliphatic hydroxyl groups is 1. The number of nitrogens with one attached hydrogen (secondary N) is 1. The molecule has 0 atom stereocenters. The summed E-state index contributed by atoms with van der Waals surface area (Å²) in [7, 11) is 1.55. The van der Waals surface area contributed by atoms with Crippen molar-refractivity contribution in [1.29, 1.82) is 0 Å². The fourth-order valence-corrected chi connectivity index (χ4v) is 4.74. The van der Waals surface area contributed by atoms with Crippen molar-refractivity contribution in [2.45, 2.75) is 27.0 Å². The van der Waals surface area contributed by atoms with Gasteiger partial charge >= 0.3 is 0 Å². The second-order valence-corrected chi connectivity index (χ2v) is 9.26. The summed E-state index contributed by atoms with van der Waals surface area (Å²) in [6.45, 7) is 3.48. The summed E-state index contributed by atoms with van der Waals surface area (Å²) in [6, 6.07) is 10.6. The number of carbonyl (C=O) groups is 1. The Hall–Kier alpha value is -4.42. The number of aryl methyl sites for hydroxylation is 2. The lowest BCUT2D eigenvalue weighted by Gasteiger charge is -2.16. The summed E-state index contributed by atoms with van der Waals surface area (Å²) in [5, 5.41) is 24.7. The fourth-order valence-electron chi connectivity index (χ4n) is 4.14. The summed E-state index contributed by atoms with van der Waals surface area (Å²) >= 11 is 1.02. The highest BCUT2D eigenvalue weighted by molar-refractivity contribution is 7.15. The van der Waals surface area contributed by atoms with Crippen LogP contribution in [0.1, 0.15) is 32.5 Å². The summed E-state index contributed by atoms with van der Waals surface area (Å²) in [5.74, 6) is 0.501. The van der Waals surface area contributed by atoms with E-state index >= 15 is 0 Å². The molecular weight excluding hydrogens is 496 g/mol. The number of benzene rings is 1. The molecule has 0 aliphatic heterocycles. The van der Waals surface area contributed by atoms with Gasteiger partial charge in [-0.2, -0.15) is 0 Å². The zero-order chi connectivity index (χ0) is 26.1. The fraction of sp³-hybridized carbons (Fsp3) is 0.200. The zero-order valence-electron chi connectivity index (χ0n) is 20.2. The van der Waals surface area contributed by atoms with E-state index in [1.165, 1.54) is 10.6 Å². The molecule has 11 nitrogen and oxygen atoms in total. The minimum Gasteiger partial charge on any atom is -0.496 e. The van der Waals surface area contributed by atoms with Gasteiger partial charge in [0.25, 0.3) is 11.5 Å².